The molecule has 1 unspecified atom stereocenters. The molecule has 0 radical (unpaired) electrons. The van der Waals surface area contributed by atoms with Gasteiger partial charge in [0.1, 0.15) is 5.82 Å². The van der Waals surface area contributed by atoms with Crippen LogP contribution in [0.1, 0.15) is 51.9 Å². The van der Waals surface area contributed by atoms with Crippen molar-refractivity contribution < 1.29 is 0 Å². The summed E-state index contributed by atoms with van der Waals surface area (Å²) in [7, 11) is 0. The van der Waals surface area contributed by atoms with Crippen LogP contribution in [-0.4, -0.2) is 52.1 Å². The highest BCUT2D eigenvalue weighted by atomic mass is 15.2. The van der Waals surface area contributed by atoms with Crippen molar-refractivity contribution in [2.45, 2.75) is 52.6 Å². The topological polar surface area (TPSA) is 24.3 Å². The second kappa shape index (κ2) is 7.14. The van der Waals surface area contributed by atoms with Crippen LogP contribution in [0.2, 0.25) is 0 Å². The van der Waals surface area contributed by atoms with Crippen molar-refractivity contribution in [1.82, 2.24) is 19.4 Å². The smallest absolute Gasteiger partial charge is 0.126 e. The average Bonchev–Trinajstić information content (AvgIpc) is 2.89. The molecule has 4 heteroatoms. The predicted octanol–water partition coefficient (Wildman–Crippen LogP) is 3.02. The minimum Gasteiger partial charge on any atom is -0.334 e. The number of rotatable bonds is 4. The van der Waals surface area contributed by atoms with Gasteiger partial charge in [-0.3, -0.25) is 4.90 Å². The molecule has 1 aromatic heterocycles. The highest BCUT2D eigenvalue weighted by molar-refractivity contribution is 5.05. The first-order valence-electron chi connectivity index (χ1n) is 9.16. The third-order valence-electron chi connectivity index (χ3n) is 5.38. The number of imidazole rings is 1. The van der Waals surface area contributed by atoms with Crippen molar-refractivity contribution in [3.63, 3.8) is 0 Å². The van der Waals surface area contributed by atoms with Crippen molar-refractivity contribution in [3.05, 3.63) is 18.2 Å². The fraction of sp³-hybridized carbons (Fsp3) is 0.833. The minimum atomic E-state index is 0.527. The molecule has 0 amide bonds. The molecule has 1 aromatic rings. The molecule has 0 saturated carbocycles. The first-order chi connectivity index (χ1) is 10.7. The van der Waals surface area contributed by atoms with Gasteiger partial charge in [-0.1, -0.05) is 20.8 Å². The first kappa shape index (κ1) is 16.0. The summed E-state index contributed by atoms with van der Waals surface area (Å²) in [6, 6.07) is 0.527. The zero-order valence-electron chi connectivity index (χ0n) is 14.5. The molecule has 0 spiro atoms. The van der Waals surface area contributed by atoms with E-state index in [-0.39, 0.29) is 0 Å². The third-order valence-corrected chi connectivity index (χ3v) is 5.38. The zero-order valence-corrected chi connectivity index (χ0v) is 14.5. The van der Waals surface area contributed by atoms with Crippen molar-refractivity contribution >= 4 is 0 Å². The molecule has 1 atom stereocenters. The van der Waals surface area contributed by atoms with E-state index in [1.54, 1.807) is 0 Å². The molecule has 0 N–H and O–H groups in total. The minimum absolute atomic E-state index is 0.527. The molecule has 3 rings (SSSR count). The van der Waals surface area contributed by atoms with E-state index in [4.69, 9.17) is 4.98 Å². The molecule has 2 aliphatic rings. The summed E-state index contributed by atoms with van der Waals surface area (Å²) in [6.07, 6.45) is 8.07. The normalized spacial score (nSPS) is 25.4. The van der Waals surface area contributed by atoms with Gasteiger partial charge in [-0.2, -0.15) is 0 Å². The van der Waals surface area contributed by atoms with Gasteiger partial charge in [0, 0.05) is 32.0 Å². The monoisotopic (exact) mass is 304 g/mol. The van der Waals surface area contributed by atoms with Gasteiger partial charge in [0.05, 0.1) is 6.04 Å². The lowest BCUT2D eigenvalue weighted by Crippen LogP contribution is -2.42. The van der Waals surface area contributed by atoms with Gasteiger partial charge >= 0.3 is 0 Å². The molecular formula is C18H32N4. The van der Waals surface area contributed by atoms with E-state index >= 15 is 0 Å². The molecule has 1 fully saturated rings. The zero-order chi connectivity index (χ0) is 15.5. The highest BCUT2D eigenvalue weighted by Crippen LogP contribution is 2.36. The van der Waals surface area contributed by atoms with Gasteiger partial charge < -0.3 is 9.47 Å². The van der Waals surface area contributed by atoms with E-state index in [2.05, 4.69) is 41.3 Å². The Bertz CT molecular complexity index is 459. The molecule has 0 aromatic carbocycles. The number of aromatic nitrogens is 2. The van der Waals surface area contributed by atoms with Gasteiger partial charge in [-0.15, -0.1) is 0 Å². The summed E-state index contributed by atoms with van der Waals surface area (Å²) in [5, 5.41) is 0. The second-order valence-electron chi connectivity index (χ2n) is 7.44. The maximum absolute atomic E-state index is 4.78. The standard InChI is InChI=1S/C18H32N4/c1-4-20-11-6-16(7-12-20)17-18-19-8-13-21(18)9-5-10-22(17)14-15(2)3/h8,13,15-17H,4-7,9-12,14H2,1-3H3. The van der Waals surface area contributed by atoms with E-state index in [0.29, 0.717) is 6.04 Å². The Morgan fingerprint density at radius 3 is 2.64 bits per heavy atom. The predicted molar refractivity (Wildman–Crippen MR) is 90.8 cm³/mol. The van der Waals surface area contributed by atoms with Crippen molar-refractivity contribution in [3.8, 4) is 0 Å². The lowest BCUT2D eigenvalue weighted by atomic mass is 9.87. The lowest BCUT2D eigenvalue weighted by Gasteiger charge is -2.40. The third kappa shape index (κ3) is 3.38. The molecule has 1 saturated heterocycles. The Hall–Kier alpha value is -0.870. The van der Waals surface area contributed by atoms with E-state index in [9.17, 15) is 0 Å². The molecule has 0 aliphatic carbocycles. The van der Waals surface area contributed by atoms with Gasteiger partial charge in [0.25, 0.3) is 0 Å². The van der Waals surface area contributed by atoms with Crippen molar-refractivity contribution in [1.29, 1.82) is 0 Å². The first-order valence-corrected chi connectivity index (χ1v) is 9.16. The van der Waals surface area contributed by atoms with Crippen LogP contribution < -0.4 is 0 Å². The maximum atomic E-state index is 4.78. The SMILES string of the molecule is CCN1CCC(C2c3nccn3CCCN2CC(C)C)CC1. The molecular weight excluding hydrogens is 272 g/mol. The van der Waals surface area contributed by atoms with Crippen molar-refractivity contribution in [2.24, 2.45) is 11.8 Å². The molecule has 0 bridgehead atoms. The van der Waals surface area contributed by atoms with Crippen LogP contribution in [0.25, 0.3) is 0 Å². The molecule has 4 nitrogen and oxygen atoms in total. The second-order valence-corrected chi connectivity index (χ2v) is 7.44. The van der Waals surface area contributed by atoms with Crippen LogP contribution in [0, 0.1) is 11.8 Å². The Balaban J connectivity index is 1.82. The number of piperidine rings is 1. The number of nitrogens with zero attached hydrogens (tertiary/aromatic N) is 4. The molecule has 22 heavy (non-hydrogen) atoms. The fourth-order valence-corrected chi connectivity index (χ4v) is 4.29. The number of fused-ring (bicyclic) bond motifs is 1. The quantitative estimate of drug-likeness (QED) is 0.854. The summed E-state index contributed by atoms with van der Waals surface area (Å²) in [4.78, 5) is 10.1. The Morgan fingerprint density at radius 2 is 1.95 bits per heavy atom. The van der Waals surface area contributed by atoms with Gasteiger partial charge in [0.15, 0.2) is 0 Å². The summed E-state index contributed by atoms with van der Waals surface area (Å²) in [6.45, 7) is 14.2. The van der Waals surface area contributed by atoms with Crippen LogP contribution in [0.15, 0.2) is 12.4 Å². The summed E-state index contributed by atoms with van der Waals surface area (Å²) in [5.74, 6) is 2.81. The van der Waals surface area contributed by atoms with Crippen LogP contribution in [-0.2, 0) is 6.54 Å². The fourth-order valence-electron chi connectivity index (χ4n) is 4.29. The number of likely N-dealkylation sites (tertiary alicyclic amines) is 1. The van der Waals surface area contributed by atoms with Gasteiger partial charge in [-0.25, -0.2) is 4.98 Å². The maximum Gasteiger partial charge on any atom is 0.126 e. The average molecular weight is 304 g/mol. The molecule has 3 heterocycles. The summed E-state index contributed by atoms with van der Waals surface area (Å²) in [5.41, 5.74) is 0. The summed E-state index contributed by atoms with van der Waals surface area (Å²) < 4.78 is 2.41. The Kier molecular flexibility index (Phi) is 5.19. The van der Waals surface area contributed by atoms with Crippen LogP contribution in [0.4, 0.5) is 0 Å². The number of hydrogen-bond acceptors (Lipinski definition) is 3. The van der Waals surface area contributed by atoms with Crippen molar-refractivity contribution in [2.75, 3.05) is 32.7 Å². The van der Waals surface area contributed by atoms with Crippen LogP contribution >= 0.6 is 0 Å². The Labute approximate surface area is 135 Å². The molecule has 124 valence electrons. The van der Waals surface area contributed by atoms with Gasteiger partial charge in [0.2, 0.25) is 0 Å². The van der Waals surface area contributed by atoms with E-state index in [1.807, 2.05) is 6.20 Å². The Morgan fingerprint density at radius 1 is 1.18 bits per heavy atom. The largest absolute Gasteiger partial charge is 0.334 e. The van der Waals surface area contributed by atoms with E-state index < -0.39 is 0 Å². The number of aryl methyl sites for hydroxylation is 1. The van der Waals surface area contributed by atoms with E-state index in [0.717, 1.165) is 18.4 Å². The molecule has 2 aliphatic heterocycles. The van der Waals surface area contributed by atoms with E-state index in [1.165, 1.54) is 57.8 Å². The summed E-state index contributed by atoms with van der Waals surface area (Å²) >= 11 is 0. The highest BCUT2D eigenvalue weighted by Gasteiger charge is 2.35. The van der Waals surface area contributed by atoms with Crippen LogP contribution in [0.5, 0.6) is 0 Å². The lowest BCUT2D eigenvalue weighted by molar-refractivity contribution is 0.0782. The number of hydrogen-bond donors (Lipinski definition) is 0. The van der Waals surface area contributed by atoms with Crippen LogP contribution in [0.3, 0.4) is 0 Å². The van der Waals surface area contributed by atoms with Gasteiger partial charge in [-0.05, 0) is 50.7 Å².